The summed E-state index contributed by atoms with van der Waals surface area (Å²) in [5.41, 5.74) is 1.06. The molecular formula is C15H20N2O3. The summed E-state index contributed by atoms with van der Waals surface area (Å²) >= 11 is 0. The van der Waals surface area contributed by atoms with E-state index in [0.717, 1.165) is 5.56 Å². The Kier molecular flexibility index (Phi) is 4.27. The van der Waals surface area contributed by atoms with Gasteiger partial charge in [0, 0.05) is 26.7 Å². The van der Waals surface area contributed by atoms with Crippen LogP contribution in [0.4, 0.5) is 4.79 Å². The van der Waals surface area contributed by atoms with Crippen molar-refractivity contribution < 1.29 is 14.7 Å². The number of carboxylic acids is 1. The molecule has 5 heteroatoms. The summed E-state index contributed by atoms with van der Waals surface area (Å²) in [6.45, 7) is 3.22. The van der Waals surface area contributed by atoms with Crippen LogP contribution in [-0.4, -0.2) is 47.0 Å². The van der Waals surface area contributed by atoms with Gasteiger partial charge >= 0.3 is 12.0 Å². The summed E-state index contributed by atoms with van der Waals surface area (Å²) in [6, 6.07) is 9.64. The maximum absolute atomic E-state index is 12.3. The molecule has 0 spiro atoms. The number of nitrogens with zero attached hydrogens (tertiary/aromatic N) is 2. The third-order valence-corrected chi connectivity index (χ3v) is 3.79. The molecule has 0 aliphatic carbocycles. The van der Waals surface area contributed by atoms with Crippen molar-refractivity contribution in [2.24, 2.45) is 11.8 Å². The number of aliphatic carboxylic acids is 1. The fourth-order valence-corrected chi connectivity index (χ4v) is 2.61. The van der Waals surface area contributed by atoms with Crippen molar-refractivity contribution in [2.75, 3.05) is 20.1 Å². The number of benzene rings is 1. The van der Waals surface area contributed by atoms with Crippen LogP contribution in [0.25, 0.3) is 0 Å². The molecule has 1 N–H and O–H groups in total. The lowest BCUT2D eigenvalue weighted by Gasteiger charge is -2.24. The minimum Gasteiger partial charge on any atom is -0.481 e. The van der Waals surface area contributed by atoms with Crippen molar-refractivity contribution in [3.8, 4) is 0 Å². The third kappa shape index (κ3) is 3.10. The van der Waals surface area contributed by atoms with Crippen molar-refractivity contribution in [2.45, 2.75) is 13.5 Å². The van der Waals surface area contributed by atoms with Crippen molar-refractivity contribution in [3.63, 3.8) is 0 Å². The highest BCUT2D eigenvalue weighted by atomic mass is 16.4. The first-order chi connectivity index (χ1) is 9.49. The van der Waals surface area contributed by atoms with Crippen LogP contribution in [0.5, 0.6) is 0 Å². The molecule has 20 heavy (non-hydrogen) atoms. The van der Waals surface area contributed by atoms with Gasteiger partial charge in [-0.1, -0.05) is 37.3 Å². The van der Waals surface area contributed by atoms with E-state index < -0.39 is 11.9 Å². The molecule has 2 amide bonds. The van der Waals surface area contributed by atoms with E-state index in [-0.39, 0.29) is 11.9 Å². The van der Waals surface area contributed by atoms with Crippen LogP contribution in [0.15, 0.2) is 30.3 Å². The molecule has 0 radical (unpaired) electrons. The lowest BCUT2D eigenvalue weighted by atomic mass is 9.99. The molecule has 108 valence electrons. The maximum atomic E-state index is 12.3. The van der Waals surface area contributed by atoms with E-state index in [2.05, 4.69) is 0 Å². The summed E-state index contributed by atoms with van der Waals surface area (Å²) in [5.74, 6) is -1.27. The van der Waals surface area contributed by atoms with Crippen LogP contribution in [0.1, 0.15) is 12.5 Å². The molecule has 1 aromatic carbocycles. The van der Waals surface area contributed by atoms with Crippen LogP contribution in [0.2, 0.25) is 0 Å². The molecule has 0 aromatic heterocycles. The molecule has 0 unspecified atom stereocenters. The summed E-state index contributed by atoms with van der Waals surface area (Å²) in [6.07, 6.45) is 0. The first-order valence-electron chi connectivity index (χ1n) is 6.76. The zero-order chi connectivity index (χ0) is 14.7. The first-order valence-corrected chi connectivity index (χ1v) is 6.76. The average Bonchev–Trinajstić information content (AvgIpc) is 2.81. The molecule has 1 fully saturated rings. The largest absolute Gasteiger partial charge is 0.481 e. The molecule has 1 aromatic rings. The minimum absolute atomic E-state index is 0.00146. The molecule has 1 aliphatic heterocycles. The number of carbonyl (C=O) groups excluding carboxylic acids is 1. The van der Waals surface area contributed by atoms with E-state index in [1.54, 1.807) is 16.8 Å². The van der Waals surface area contributed by atoms with Gasteiger partial charge in [-0.25, -0.2) is 4.79 Å². The van der Waals surface area contributed by atoms with E-state index in [1.165, 1.54) is 0 Å². The monoisotopic (exact) mass is 276 g/mol. The molecule has 1 heterocycles. The van der Waals surface area contributed by atoms with Gasteiger partial charge in [0.2, 0.25) is 0 Å². The lowest BCUT2D eigenvalue weighted by Crippen LogP contribution is -2.39. The Bertz CT molecular complexity index is 489. The third-order valence-electron chi connectivity index (χ3n) is 3.79. The predicted molar refractivity (Wildman–Crippen MR) is 75.2 cm³/mol. The van der Waals surface area contributed by atoms with Gasteiger partial charge in [-0.2, -0.15) is 0 Å². The van der Waals surface area contributed by atoms with E-state index in [0.29, 0.717) is 19.6 Å². The number of likely N-dealkylation sites (tertiary alicyclic amines) is 1. The zero-order valence-electron chi connectivity index (χ0n) is 11.8. The molecule has 0 bridgehead atoms. The first kappa shape index (κ1) is 14.4. The van der Waals surface area contributed by atoms with Crippen LogP contribution < -0.4 is 0 Å². The van der Waals surface area contributed by atoms with Gasteiger partial charge in [0.1, 0.15) is 0 Å². The Hall–Kier alpha value is -2.04. The number of hydrogen-bond donors (Lipinski definition) is 1. The maximum Gasteiger partial charge on any atom is 0.320 e. The Morgan fingerprint density at radius 1 is 1.30 bits per heavy atom. The van der Waals surface area contributed by atoms with Gasteiger partial charge in [-0.15, -0.1) is 0 Å². The second kappa shape index (κ2) is 5.94. The number of carbonyl (C=O) groups is 2. The number of carboxylic acid groups (broad SMARTS) is 1. The van der Waals surface area contributed by atoms with Crippen LogP contribution in [0, 0.1) is 11.8 Å². The van der Waals surface area contributed by atoms with Crippen molar-refractivity contribution in [1.82, 2.24) is 9.80 Å². The smallest absolute Gasteiger partial charge is 0.320 e. The highest BCUT2D eigenvalue weighted by Crippen LogP contribution is 2.24. The van der Waals surface area contributed by atoms with Crippen molar-refractivity contribution in [3.05, 3.63) is 35.9 Å². The second-order valence-corrected chi connectivity index (χ2v) is 5.45. The Morgan fingerprint density at radius 3 is 2.50 bits per heavy atom. The van der Waals surface area contributed by atoms with E-state index >= 15 is 0 Å². The van der Waals surface area contributed by atoms with Crippen LogP contribution >= 0.6 is 0 Å². The van der Waals surface area contributed by atoms with Gasteiger partial charge < -0.3 is 14.9 Å². The van der Waals surface area contributed by atoms with Gasteiger partial charge in [0.25, 0.3) is 0 Å². The highest BCUT2D eigenvalue weighted by Gasteiger charge is 2.37. The Labute approximate surface area is 118 Å². The molecule has 2 atom stereocenters. The topological polar surface area (TPSA) is 60.9 Å². The molecule has 5 nitrogen and oxygen atoms in total. The Morgan fingerprint density at radius 2 is 1.95 bits per heavy atom. The normalized spacial score (nSPS) is 21.8. The molecule has 1 aliphatic rings. The average molecular weight is 276 g/mol. The molecule has 2 rings (SSSR count). The van der Waals surface area contributed by atoms with Crippen molar-refractivity contribution in [1.29, 1.82) is 0 Å². The zero-order valence-corrected chi connectivity index (χ0v) is 11.8. The summed E-state index contributed by atoms with van der Waals surface area (Å²) < 4.78 is 0. The van der Waals surface area contributed by atoms with Gasteiger partial charge in [0.05, 0.1) is 5.92 Å². The quantitative estimate of drug-likeness (QED) is 0.917. The second-order valence-electron chi connectivity index (χ2n) is 5.45. The standard InChI is InChI=1S/C15H20N2O3/c1-11-8-17(10-13(11)14(18)19)15(20)16(2)9-12-6-4-3-5-7-12/h3-7,11,13H,8-10H2,1-2H3,(H,18,19)/t11-,13-/m1/s1. The number of hydrogen-bond acceptors (Lipinski definition) is 2. The number of amides is 2. The number of urea groups is 1. The van der Waals surface area contributed by atoms with E-state index in [4.69, 9.17) is 5.11 Å². The highest BCUT2D eigenvalue weighted by molar-refractivity contribution is 5.77. The summed E-state index contributed by atoms with van der Waals surface area (Å²) in [7, 11) is 1.74. The summed E-state index contributed by atoms with van der Waals surface area (Å²) in [5, 5.41) is 9.11. The van der Waals surface area contributed by atoms with E-state index in [9.17, 15) is 9.59 Å². The number of rotatable bonds is 3. The summed E-state index contributed by atoms with van der Waals surface area (Å²) in [4.78, 5) is 26.7. The Balaban J connectivity index is 1.96. The molecule has 0 saturated carbocycles. The van der Waals surface area contributed by atoms with Gasteiger partial charge in [-0.3, -0.25) is 4.79 Å². The van der Waals surface area contributed by atoms with Crippen LogP contribution in [-0.2, 0) is 11.3 Å². The van der Waals surface area contributed by atoms with E-state index in [1.807, 2.05) is 37.3 Å². The van der Waals surface area contributed by atoms with Crippen molar-refractivity contribution >= 4 is 12.0 Å². The fraction of sp³-hybridized carbons (Fsp3) is 0.467. The van der Waals surface area contributed by atoms with Crippen LogP contribution in [0.3, 0.4) is 0 Å². The van der Waals surface area contributed by atoms with Gasteiger partial charge in [0.15, 0.2) is 0 Å². The molecule has 1 saturated heterocycles. The minimum atomic E-state index is -0.821. The lowest BCUT2D eigenvalue weighted by molar-refractivity contribution is -0.142. The molecular weight excluding hydrogens is 256 g/mol. The SMILES string of the molecule is C[C@@H]1CN(C(=O)N(C)Cc2ccccc2)C[C@H]1C(=O)O. The fourth-order valence-electron chi connectivity index (χ4n) is 2.61. The van der Waals surface area contributed by atoms with Gasteiger partial charge in [-0.05, 0) is 11.5 Å². The predicted octanol–water partition coefficient (Wildman–Crippen LogP) is 1.89.